The molecule has 1 unspecified atom stereocenters. The molecule has 1 atom stereocenters. The Morgan fingerprint density at radius 2 is 2.00 bits per heavy atom. The highest BCUT2D eigenvalue weighted by atomic mass is 16.5. The number of carbonyl (C=O) groups is 1. The summed E-state index contributed by atoms with van der Waals surface area (Å²) in [6, 6.07) is 0. The van der Waals surface area contributed by atoms with Crippen molar-refractivity contribution in [2.75, 3.05) is 20.3 Å². The van der Waals surface area contributed by atoms with Gasteiger partial charge in [-0.25, -0.2) is 0 Å². The maximum atomic E-state index is 12.2. The van der Waals surface area contributed by atoms with Gasteiger partial charge in [0.15, 0.2) is 0 Å². The lowest BCUT2D eigenvalue weighted by Gasteiger charge is -2.24. The third-order valence-electron chi connectivity index (χ3n) is 2.44. The Hall–Kier alpha value is -1.61. The van der Waals surface area contributed by atoms with Crippen LogP contribution in [0, 0.1) is 5.41 Å². The molecule has 0 heterocycles. The summed E-state index contributed by atoms with van der Waals surface area (Å²) in [5.41, 5.74) is 0.470. The topological polar surface area (TPSA) is 38.3 Å². The van der Waals surface area contributed by atoms with Gasteiger partial charge in [-0.2, -0.15) is 0 Å². The van der Waals surface area contributed by atoms with Gasteiger partial charge in [-0.05, 0) is 20.8 Å². The summed E-state index contributed by atoms with van der Waals surface area (Å²) in [4.78, 5) is 12.2. The molecule has 1 amide bonds. The quantitative estimate of drug-likeness (QED) is 0.540. The van der Waals surface area contributed by atoms with E-state index in [1.54, 1.807) is 13.2 Å². The van der Waals surface area contributed by atoms with Crippen LogP contribution in [0.25, 0.3) is 0 Å². The molecule has 3 nitrogen and oxygen atoms in total. The van der Waals surface area contributed by atoms with E-state index in [0.717, 1.165) is 5.57 Å². The van der Waals surface area contributed by atoms with Gasteiger partial charge in [0, 0.05) is 13.7 Å². The van der Waals surface area contributed by atoms with E-state index < -0.39 is 5.41 Å². The zero-order valence-corrected chi connectivity index (χ0v) is 12.4. The molecular formula is C16H25NO2. The fourth-order valence-corrected chi connectivity index (χ4v) is 1.75. The highest BCUT2D eigenvalue weighted by molar-refractivity contribution is 5.84. The molecule has 0 saturated heterocycles. The van der Waals surface area contributed by atoms with Gasteiger partial charge in [-0.3, -0.25) is 4.79 Å². The Kier molecular flexibility index (Phi) is 8.55. The lowest BCUT2D eigenvalue weighted by atomic mass is 9.88. The average molecular weight is 263 g/mol. The summed E-state index contributed by atoms with van der Waals surface area (Å²) in [6.45, 7) is 10.3. The molecule has 0 fully saturated rings. The molecule has 0 aliphatic carbocycles. The molecule has 0 aromatic rings. The van der Waals surface area contributed by atoms with Gasteiger partial charge in [0.1, 0.15) is 0 Å². The van der Waals surface area contributed by atoms with Gasteiger partial charge in [-0.15, -0.1) is 0 Å². The number of nitrogens with one attached hydrogen (secondary N) is 1. The molecule has 0 aromatic heterocycles. The molecule has 19 heavy (non-hydrogen) atoms. The lowest BCUT2D eigenvalue weighted by molar-refractivity contribution is -0.129. The third kappa shape index (κ3) is 7.42. The summed E-state index contributed by atoms with van der Waals surface area (Å²) in [7, 11) is 1.60. The number of hydrogen-bond acceptors (Lipinski definition) is 2. The normalized spacial score (nSPS) is 14.3. The van der Waals surface area contributed by atoms with Crippen LogP contribution in [0.5, 0.6) is 0 Å². The number of amides is 1. The van der Waals surface area contributed by atoms with Crippen LogP contribution in [0.15, 0.2) is 48.6 Å². The Bertz CT molecular complexity index is 376. The SMILES string of the molecule is C=C/C=C\C=C/CNC(=O)C(C)(C=C(C)C)COC. The smallest absolute Gasteiger partial charge is 0.232 e. The molecule has 0 aliphatic heterocycles. The van der Waals surface area contributed by atoms with Gasteiger partial charge in [0.25, 0.3) is 0 Å². The Morgan fingerprint density at radius 1 is 1.32 bits per heavy atom. The molecule has 0 bridgehead atoms. The van der Waals surface area contributed by atoms with Gasteiger partial charge in [-0.1, -0.05) is 48.6 Å². The van der Waals surface area contributed by atoms with Crippen molar-refractivity contribution in [2.24, 2.45) is 5.41 Å². The van der Waals surface area contributed by atoms with Gasteiger partial charge in [0.2, 0.25) is 5.91 Å². The summed E-state index contributed by atoms with van der Waals surface area (Å²) >= 11 is 0. The third-order valence-corrected chi connectivity index (χ3v) is 2.44. The number of allylic oxidation sites excluding steroid dienone is 5. The molecule has 1 N–H and O–H groups in total. The molecule has 0 aromatic carbocycles. The van der Waals surface area contributed by atoms with Crippen molar-refractivity contribution in [3.05, 3.63) is 48.6 Å². The lowest BCUT2D eigenvalue weighted by Crippen LogP contribution is -2.40. The summed E-state index contributed by atoms with van der Waals surface area (Å²) in [6.07, 6.45) is 11.1. The van der Waals surface area contributed by atoms with Crippen molar-refractivity contribution in [2.45, 2.75) is 20.8 Å². The predicted octanol–water partition coefficient (Wildman–Crippen LogP) is 3.02. The average Bonchev–Trinajstić information content (AvgIpc) is 2.32. The second kappa shape index (κ2) is 9.34. The monoisotopic (exact) mass is 263 g/mol. The van der Waals surface area contributed by atoms with Crippen LogP contribution >= 0.6 is 0 Å². The first kappa shape index (κ1) is 17.4. The highest BCUT2D eigenvalue weighted by Crippen LogP contribution is 2.21. The molecule has 106 valence electrons. The summed E-state index contributed by atoms with van der Waals surface area (Å²) in [5.74, 6) is -0.0344. The van der Waals surface area contributed by atoms with E-state index in [0.29, 0.717) is 13.2 Å². The molecule has 0 rings (SSSR count). The predicted molar refractivity (Wildman–Crippen MR) is 80.9 cm³/mol. The van der Waals surface area contributed by atoms with Crippen LogP contribution in [-0.2, 0) is 9.53 Å². The number of rotatable bonds is 8. The van der Waals surface area contributed by atoms with Gasteiger partial charge >= 0.3 is 0 Å². The first-order valence-electron chi connectivity index (χ1n) is 6.34. The molecule has 0 aliphatic rings. The highest BCUT2D eigenvalue weighted by Gasteiger charge is 2.30. The van der Waals surface area contributed by atoms with E-state index in [1.807, 2.05) is 51.2 Å². The first-order chi connectivity index (χ1) is 8.96. The van der Waals surface area contributed by atoms with Crippen molar-refractivity contribution in [1.29, 1.82) is 0 Å². The van der Waals surface area contributed by atoms with Crippen LogP contribution in [0.4, 0.5) is 0 Å². The van der Waals surface area contributed by atoms with Crippen LogP contribution in [0.3, 0.4) is 0 Å². The fourth-order valence-electron chi connectivity index (χ4n) is 1.75. The van der Waals surface area contributed by atoms with Crippen molar-refractivity contribution in [3.8, 4) is 0 Å². The van der Waals surface area contributed by atoms with Crippen LogP contribution < -0.4 is 5.32 Å². The van der Waals surface area contributed by atoms with E-state index >= 15 is 0 Å². The standard InChI is InChI=1S/C16H25NO2/c1-6-7-8-9-10-11-17-15(18)16(4,13-19-5)12-14(2)3/h6-10,12H,1,11,13H2,2-5H3,(H,17,18)/b8-7-,10-9-. The van der Waals surface area contributed by atoms with Crippen LogP contribution in [0.1, 0.15) is 20.8 Å². The largest absolute Gasteiger partial charge is 0.383 e. The number of methoxy groups -OCH3 is 1. The summed E-state index contributed by atoms with van der Waals surface area (Å²) in [5, 5.41) is 2.88. The zero-order chi connectivity index (χ0) is 14.7. The van der Waals surface area contributed by atoms with E-state index in [4.69, 9.17) is 4.74 Å². The minimum Gasteiger partial charge on any atom is -0.383 e. The molecule has 3 heteroatoms. The fraction of sp³-hybridized carbons (Fsp3) is 0.438. The Balaban J connectivity index is 4.50. The van der Waals surface area contributed by atoms with Crippen molar-refractivity contribution in [1.82, 2.24) is 5.32 Å². The van der Waals surface area contributed by atoms with E-state index in [2.05, 4.69) is 11.9 Å². The minimum absolute atomic E-state index is 0.0344. The maximum absolute atomic E-state index is 12.2. The van der Waals surface area contributed by atoms with E-state index in [1.165, 1.54) is 0 Å². The summed E-state index contributed by atoms with van der Waals surface area (Å²) < 4.78 is 5.14. The Morgan fingerprint density at radius 3 is 2.53 bits per heavy atom. The van der Waals surface area contributed by atoms with E-state index in [9.17, 15) is 4.79 Å². The van der Waals surface area contributed by atoms with Crippen molar-refractivity contribution < 1.29 is 9.53 Å². The van der Waals surface area contributed by atoms with Crippen LogP contribution in [-0.4, -0.2) is 26.2 Å². The first-order valence-corrected chi connectivity index (χ1v) is 6.34. The van der Waals surface area contributed by atoms with E-state index in [-0.39, 0.29) is 5.91 Å². The molecule has 0 spiro atoms. The molecule has 0 radical (unpaired) electrons. The number of ether oxygens (including phenoxy) is 1. The Labute approximate surface area is 116 Å². The minimum atomic E-state index is -0.627. The van der Waals surface area contributed by atoms with Crippen molar-refractivity contribution in [3.63, 3.8) is 0 Å². The second-order valence-corrected chi connectivity index (χ2v) is 4.83. The van der Waals surface area contributed by atoms with Gasteiger partial charge in [0.05, 0.1) is 12.0 Å². The van der Waals surface area contributed by atoms with Crippen LogP contribution in [0.2, 0.25) is 0 Å². The molecule has 0 saturated carbocycles. The maximum Gasteiger partial charge on any atom is 0.232 e. The zero-order valence-electron chi connectivity index (χ0n) is 12.4. The van der Waals surface area contributed by atoms with Gasteiger partial charge < -0.3 is 10.1 Å². The molecular weight excluding hydrogens is 238 g/mol. The number of carbonyl (C=O) groups excluding carboxylic acids is 1. The van der Waals surface area contributed by atoms with Crippen molar-refractivity contribution >= 4 is 5.91 Å². The second-order valence-electron chi connectivity index (χ2n) is 4.83. The number of hydrogen-bond donors (Lipinski definition) is 1.